The maximum absolute atomic E-state index is 14.0. The molecule has 0 amide bonds. The van der Waals surface area contributed by atoms with E-state index in [2.05, 4.69) is 0 Å². The largest absolute Gasteiger partial charge is 0.481 e. The number of aliphatic carboxylic acids is 2. The number of carbonyl (C=O) groups is 6. The third-order valence-electron chi connectivity index (χ3n) is 7.43. The number of carboxylic acids is 2. The van der Waals surface area contributed by atoms with Crippen molar-refractivity contribution < 1.29 is 57.9 Å². The van der Waals surface area contributed by atoms with Crippen LogP contribution >= 0.6 is 0 Å². The molecule has 15 heteroatoms. The zero-order chi connectivity index (χ0) is 39.8. The molecule has 2 N–H and O–H groups in total. The number of rotatable bonds is 15. The molecule has 294 valence electrons. The molecule has 3 unspecified atom stereocenters. The summed E-state index contributed by atoms with van der Waals surface area (Å²) in [4.78, 5) is 83.1. The zero-order valence-electron chi connectivity index (χ0n) is 33.0. The third kappa shape index (κ3) is 18.2. The van der Waals surface area contributed by atoms with Crippen LogP contribution in [0.3, 0.4) is 0 Å². The van der Waals surface area contributed by atoms with E-state index in [1.807, 2.05) is 0 Å². The van der Waals surface area contributed by atoms with Crippen molar-refractivity contribution in [2.24, 2.45) is 0 Å². The second-order valence-corrected chi connectivity index (χ2v) is 17.4. The van der Waals surface area contributed by atoms with E-state index in [1.54, 1.807) is 105 Å². The molecule has 1 fully saturated rings. The van der Waals surface area contributed by atoms with Gasteiger partial charge in [0.2, 0.25) is 0 Å². The van der Waals surface area contributed by atoms with Crippen LogP contribution in [0.25, 0.3) is 0 Å². The summed E-state index contributed by atoms with van der Waals surface area (Å²) >= 11 is 0. The van der Waals surface area contributed by atoms with Crippen molar-refractivity contribution in [3.63, 3.8) is 0 Å². The first kappa shape index (κ1) is 45.7. The lowest BCUT2D eigenvalue weighted by Gasteiger charge is -2.47. The molecular formula is C36H63N3O12. The summed E-state index contributed by atoms with van der Waals surface area (Å²) in [5.41, 5.74) is -4.81. The number of carboxylic acid groups (broad SMARTS) is 2. The van der Waals surface area contributed by atoms with Crippen molar-refractivity contribution in [2.75, 3.05) is 39.3 Å². The third-order valence-corrected chi connectivity index (χ3v) is 7.43. The van der Waals surface area contributed by atoms with Gasteiger partial charge in [0.15, 0.2) is 0 Å². The molecule has 0 aliphatic carbocycles. The van der Waals surface area contributed by atoms with Crippen molar-refractivity contribution in [2.45, 2.75) is 156 Å². The topological polar surface area (TPSA) is 190 Å². The molecule has 0 spiro atoms. The Hall–Kier alpha value is -3.30. The molecule has 3 atom stereocenters. The van der Waals surface area contributed by atoms with E-state index >= 15 is 0 Å². The summed E-state index contributed by atoms with van der Waals surface area (Å²) in [6.45, 7) is 21.9. The van der Waals surface area contributed by atoms with Crippen molar-refractivity contribution in [1.29, 1.82) is 0 Å². The molecular weight excluding hydrogens is 666 g/mol. The number of hydrogen-bond acceptors (Lipinski definition) is 13. The van der Waals surface area contributed by atoms with Gasteiger partial charge < -0.3 is 29.2 Å². The minimum atomic E-state index is -1.28. The Morgan fingerprint density at radius 3 is 1.57 bits per heavy atom. The lowest BCUT2D eigenvalue weighted by molar-refractivity contribution is -0.173. The van der Waals surface area contributed by atoms with E-state index < -0.39 is 88.8 Å². The zero-order valence-corrected chi connectivity index (χ0v) is 33.0. The maximum Gasteiger partial charge on any atom is 0.323 e. The summed E-state index contributed by atoms with van der Waals surface area (Å²) in [6, 6.07) is -2.33. The number of ether oxygens (including phenoxy) is 4. The highest BCUT2D eigenvalue weighted by molar-refractivity contribution is 5.80. The maximum atomic E-state index is 14.0. The Morgan fingerprint density at radius 1 is 0.647 bits per heavy atom. The van der Waals surface area contributed by atoms with E-state index in [0.717, 1.165) is 0 Å². The summed E-state index contributed by atoms with van der Waals surface area (Å²) in [7, 11) is 0. The fourth-order valence-electron chi connectivity index (χ4n) is 5.84. The lowest BCUT2D eigenvalue weighted by atomic mass is 9.93. The quantitative estimate of drug-likeness (QED) is 0.184. The van der Waals surface area contributed by atoms with Gasteiger partial charge in [0.1, 0.15) is 34.5 Å². The van der Waals surface area contributed by atoms with Gasteiger partial charge in [-0.3, -0.25) is 43.5 Å². The average Bonchev–Trinajstić information content (AvgIpc) is 3.02. The van der Waals surface area contributed by atoms with Crippen molar-refractivity contribution in [3.05, 3.63) is 0 Å². The van der Waals surface area contributed by atoms with Gasteiger partial charge in [-0.1, -0.05) is 0 Å². The van der Waals surface area contributed by atoms with Gasteiger partial charge in [-0.2, -0.15) is 0 Å². The van der Waals surface area contributed by atoms with Crippen LogP contribution in [-0.4, -0.2) is 140 Å². The Kier molecular flexibility index (Phi) is 16.1. The molecule has 1 aliphatic heterocycles. The number of carbonyl (C=O) groups excluding carboxylic acids is 4. The van der Waals surface area contributed by atoms with Gasteiger partial charge in [0, 0.05) is 44.6 Å². The molecule has 1 aliphatic rings. The predicted molar refractivity (Wildman–Crippen MR) is 188 cm³/mol. The van der Waals surface area contributed by atoms with Gasteiger partial charge in [0.05, 0.1) is 13.1 Å². The van der Waals surface area contributed by atoms with Gasteiger partial charge in [-0.05, 0) is 103 Å². The molecule has 15 nitrogen and oxygen atoms in total. The Morgan fingerprint density at radius 2 is 1.10 bits per heavy atom. The molecule has 1 saturated heterocycles. The van der Waals surface area contributed by atoms with Crippen molar-refractivity contribution in [1.82, 2.24) is 14.7 Å². The number of esters is 4. The molecule has 0 saturated carbocycles. The highest BCUT2D eigenvalue weighted by atomic mass is 16.6. The highest BCUT2D eigenvalue weighted by Crippen LogP contribution is 2.30. The molecule has 0 aromatic rings. The van der Waals surface area contributed by atoms with Gasteiger partial charge >= 0.3 is 35.8 Å². The fourth-order valence-corrected chi connectivity index (χ4v) is 5.84. The molecule has 0 radical (unpaired) electrons. The molecule has 0 aromatic carbocycles. The van der Waals surface area contributed by atoms with Crippen LogP contribution in [0.15, 0.2) is 0 Å². The normalized spacial score (nSPS) is 19.4. The molecule has 1 heterocycles. The first-order chi connectivity index (χ1) is 22.9. The monoisotopic (exact) mass is 729 g/mol. The number of hydrogen-bond donors (Lipinski definition) is 2. The van der Waals surface area contributed by atoms with Gasteiger partial charge in [0.25, 0.3) is 0 Å². The van der Waals surface area contributed by atoms with Crippen LogP contribution in [0.5, 0.6) is 0 Å². The minimum absolute atomic E-state index is 0.0173. The van der Waals surface area contributed by atoms with Crippen LogP contribution in [-0.2, 0) is 47.7 Å². The van der Waals surface area contributed by atoms with E-state index in [9.17, 15) is 39.0 Å². The average molecular weight is 730 g/mol. The minimum Gasteiger partial charge on any atom is -0.481 e. The predicted octanol–water partition coefficient (Wildman–Crippen LogP) is 3.50. The molecule has 0 aromatic heterocycles. The van der Waals surface area contributed by atoms with Crippen molar-refractivity contribution >= 4 is 35.8 Å². The second kappa shape index (κ2) is 18.0. The summed E-state index contributed by atoms with van der Waals surface area (Å²) in [5, 5.41) is 19.3. The van der Waals surface area contributed by atoms with Gasteiger partial charge in [-0.25, -0.2) is 0 Å². The summed E-state index contributed by atoms with van der Waals surface area (Å²) < 4.78 is 22.8. The Balaban J connectivity index is 4.00. The molecule has 51 heavy (non-hydrogen) atoms. The summed E-state index contributed by atoms with van der Waals surface area (Å²) in [5.74, 6) is -4.92. The lowest BCUT2D eigenvalue weighted by Crippen LogP contribution is -2.65. The first-order valence-electron chi connectivity index (χ1n) is 17.5. The highest BCUT2D eigenvalue weighted by Gasteiger charge is 2.48. The van der Waals surface area contributed by atoms with E-state index in [1.165, 1.54) is 0 Å². The molecule has 0 bridgehead atoms. The van der Waals surface area contributed by atoms with Crippen LogP contribution < -0.4 is 0 Å². The fraction of sp³-hybridized carbons (Fsp3) is 0.833. The first-order valence-corrected chi connectivity index (χ1v) is 17.5. The van der Waals surface area contributed by atoms with E-state index in [4.69, 9.17) is 18.9 Å². The van der Waals surface area contributed by atoms with E-state index in [0.29, 0.717) is 0 Å². The molecule has 1 rings (SSSR count). The second-order valence-electron chi connectivity index (χ2n) is 17.4. The Bertz CT molecular complexity index is 1240. The Labute approximate surface area is 303 Å². The smallest absolute Gasteiger partial charge is 0.323 e. The van der Waals surface area contributed by atoms with Gasteiger partial charge in [-0.15, -0.1) is 0 Å². The van der Waals surface area contributed by atoms with Crippen LogP contribution in [0.1, 0.15) is 116 Å². The number of nitrogens with zero attached hydrogens (tertiary/aromatic N) is 3. The van der Waals surface area contributed by atoms with Crippen LogP contribution in [0.4, 0.5) is 0 Å². The van der Waals surface area contributed by atoms with Crippen LogP contribution in [0.2, 0.25) is 0 Å². The van der Waals surface area contributed by atoms with E-state index in [-0.39, 0.29) is 52.0 Å². The van der Waals surface area contributed by atoms with Crippen molar-refractivity contribution in [3.8, 4) is 0 Å². The van der Waals surface area contributed by atoms with Crippen LogP contribution in [0, 0.1) is 0 Å². The standard InChI is InChI=1S/C36H63N3O12/c1-32(2,3)48-28(44)20-37-18-19-38(24(14-16-26(40)41)30(46)50-34(7,8)9)23-36(13,22-37)39(21-29(45)49-33(4,5)6)25(15-17-27(42)43)31(47)51-35(10,11)12/h24-25H,14-23H2,1-13H3,(H,40,41)(H,42,43). The SMILES string of the molecule is CC(C)(C)OC(=O)CN1CCN(C(CCC(=O)O)C(=O)OC(C)(C)C)CC(C)(N(CC(=O)OC(C)(C)C)C(CCC(=O)O)C(=O)OC(C)(C)C)C1. The summed E-state index contributed by atoms with van der Waals surface area (Å²) in [6.07, 6.45) is -1.12.